The van der Waals surface area contributed by atoms with Crippen LogP contribution in [0.25, 0.3) is 0 Å². The Bertz CT molecular complexity index is 598. The van der Waals surface area contributed by atoms with Gasteiger partial charge in [0.25, 0.3) is 0 Å². The van der Waals surface area contributed by atoms with Crippen molar-refractivity contribution in [2.75, 3.05) is 5.32 Å². The molecular weight excluding hydrogens is 334 g/mol. The van der Waals surface area contributed by atoms with Gasteiger partial charge in [-0.05, 0) is 44.2 Å². The monoisotopic (exact) mass is 349 g/mol. The average molecular weight is 350 g/mol. The van der Waals surface area contributed by atoms with Gasteiger partial charge in [-0.2, -0.15) is 0 Å². The minimum absolute atomic E-state index is 0.00803. The van der Waals surface area contributed by atoms with Crippen molar-refractivity contribution >= 4 is 39.3 Å². The van der Waals surface area contributed by atoms with Gasteiger partial charge in [-0.3, -0.25) is 4.79 Å². The summed E-state index contributed by atoms with van der Waals surface area (Å²) >= 11 is 4.95. The van der Waals surface area contributed by atoms with Crippen molar-refractivity contribution in [1.29, 1.82) is 0 Å². The van der Waals surface area contributed by atoms with Crippen molar-refractivity contribution in [2.24, 2.45) is 0 Å². The molecule has 0 fully saturated rings. The Morgan fingerprint density at radius 3 is 2.55 bits per heavy atom. The summed E-state index contributed by atoms with van der Waals surface area (Å²) in [5, 5.41) is 2.78. The smallest absolute Gasteiger partial charge is 0.237 e. The summed E-state index contributed by atoms with van der Waals surface area (Å²) in [6, 6.07) is 15.8. The zero-order chi connectivity index (χ0) is 14.5. The maximum atomic E-state index is 12.1. The van der Waals surface area contributed by atoms with Crippen LogP contribution in [0.2, 0.25) is 0 Å². The predicted octanol–water partition coefficient (Wildman–Crippen LogP) is 4.88. The van der Waals surface area contributed by atoms with Gasteiger partial charge in [0.1, 0.15) is 0 Å². The van der Waals surface area contributed by atoms with E-state index in [0.717, 1.165) is 15.1 Å². The molecule has 2 rings (SSSR count). The van der Waals surface area contributed by atoms with E-state index >= 15 is 0 Å². The standard InChI is InChI=1S/C16H16BrNOS/c1-11-6-8-15(9-7-11)20-12(2)16(19)18-14-5-3-4-13(17)10-14/h3-10,12H,1-2H3,(H,18,19)/t12-/m0/s1. The number of halogens is 1. The zero-order valence-corrected chi connectivity index (χ0v) is 13.8. The highest BCUT2D eigenvalue weighted by molar-refractivity contribution is 9.10. The summed E-state index contributed by atoms with van der Waals surface area (Å²) in [5.41, 5.74) is 2.03. The first-order valence-electron chi connectivity index (χ1n) is 6.34. The van der Waals surface area contributed by atoms with Crippen molar-refractivity contribution in [1.82, 2.24) is 0 Å². The quantitative estimate of drug-likeness (QED) is 0.797. The fourth-order valence-electron chi connectivity index (χ4n) is 1.68. The predicted molar refractivity (Wildman–Crippen MR) is 89.3 cm³/mol. The second-order valence-electron chi connectivity index (χ2n) is 4.57. The summed E-state index contributed by atoms with van der Waals surface area (Å²) in [6.07, 6.45) is 0. The average Bonchev–Trinajstić information content (AvgIpc) is 2.41. The molecule has 0 aliphatic carbocycles. The van der Waals surface area contributed by atoms with E-state index in [0.29, 0.717) is 0 Å². The molecule has 0 spiro atoms. The molecule has 20 heavy (non-hydrogen) atoms. The minimum atomic E-state index is -0.142. The molecule has 0 aromatic heterocycles. The van der Waals surface area contributed by atoms with Gasteiger partial charge >= 0.3 is 0 Å². The number of carbonyl (C=O) groups excluding carboxylic acids is 1. The lowest BCUT2D eigenvalue weighted by Gasteiger charge is -2.12. The van der Waals surface area contributed by atoms with Gasteiger partial charge in [-0.25, -0.2) is 0 Å². The van der Waals surface area contributed by atoms with E-state index in [-0.39, 0.29) is 11.2 Å². The zero-order valence-electron chi connectivity index (χ0n) is 11.4. The Labute approximate surface area is 132 Å². The molecule has 0 bridgehead atoms. The van der Waals surface area contributed by atoms with E-state index in [2.05, 4.69) is 40.3 Å². The number of nitrogens with one attached hydrogen (secondary N) is 1. The normalized spacial score (nSPS) is 11.9. The molecule has 0 unspecified atom stereocenters. The topological polar surface area (TPSA) is 29.1 Å². The number of anilines is 1. The molecule has 2 aromatic rings. The van der Waals surface area contributed by atoms with Crippen LogP contribution in [0.3, 0.4) is 0 Å². The van der Waals surface area contributed by atoms with Gasteiger partial charge in [0.2, 0.25) is 5.91 Å². The Morgan fingerprint density at radius 1 is 1.20 bits per heavy atom. The van der Waals surface area contributed by atoms with Crippen molar-refractivity contribution in [3.8, 4) is 0 Å². The van der Waals surface area contributed by atoms with E-state index < -0.39 is 0 Å². The Morgan fingerprint density at radius 2 is 1.90 bits per heavy atom. The van der Waals surface area contributed by atoms with Crippen LogP contribution in [-0.2, 0) is 4.79 Å². The van der Waals surface area contributed by atoms with E-state index in [1.165, 1.54) is 5.56 Å². The number of aryl methyl sites for hydroxylation is 1. The molecule has 1 atom stereocenters. The number of rotatable bonds is 4. The lowest BCUT2D eigenvalue weighted by Crippen LogP contribution is -2.22. The molecule has 4 heteroatoms. The molecule has 0 saturated heterocycles. The van der Waals surface area contributed by atoms with Crippen molar-refractivity contribution in [3.05, 3.63) is 58.6 Å². The van der Waals surface area contributed by atoms with E-state index in [4.69, 9.17) is 0 Å². The third kappa shape index (κ3) is 4.39. The molecule has 1 amide bonds. The lowest BCUT2D eigenvalue weighted by atomic mass is 10.2. The fraction of sp³-hybridized carbons (Fsp3) is 0.188. The Hall–Kier alpha value is -1.26. The van der Waals surface area contributed by atoms with Crippen LogP contribution in [-0.4, -0.2) is 11.2 Å². The SMILES string of the molecule is Cc1ccc(S[C@@H](C)C(=O)Nc2cccc(Br)c2)cc1. The number of carbonyl (C=O) groups is 1. The summed E-state index contributed by atoms with van der Waals surface area (Å²) in [7, 11) is 0. The van der Waals surface area contributed by atoms with E-state index in [1.54, 1.807) is 11.8 Å². The third-order valence-corrected chi connectivity index (χ3v) is 4.40. The van der Waals surface area contributed by atoms with Crippen LogP contribution < -0.4 is 5.32 Å². The maximum Gasteiger partial charge on any atom is 0.237 e. The summed E-state index contributed by atoms with van der Waals surface area (Å²) < 4.78 is 0.953. The number of hydrogen-bond donors (Lipinski definition) is 1. The molecule has 0 radical (unpaired) electrons. The highest BCUT2D eigenvalue weighted by atomic mass is 79.9. The van der Waals surface area contributed by atoms with Crippen LogP contribution >= 0.6 is 27.7 Å². The third-order valence-electron chi connectivity index (χ3n) is 2.80. The first-order valence-corrected chi connectivity index (χ1v) is 8.01. The summed E-state index contributed by atoms with van der Waals surface area (Å²) in [4.78, 5) is 13.3. The number of hydrogen-bond acceptors (Lipinski definition) is 2. The lowest BCUT2D eigenvalue weighted by molar-refractivity contribution is -0.115. The van der Waals surface area contributed by atoms with Gasteiger partial charge in [-0.15, -0.1) is 11.8 Å². The van der Waals surface area contributed by atoms with Gasteiger partial charge < -0.3 is 5.32 Å². The highest BCUT2D eigenvalue weighted by Gasteiger charge is 2.14. The largest absolute Gasteiger partial charge is 0.325 e. The molecule has 2 aromatic carbocycles. The van der Waals surface area contributed by atoms with Crippen molar-refractivity contribution in [2.45, 2.75) is 24.0 Å². The van der Waals surface area contributed by atoms with Crippen LogP contribution in [0, 0.1) is 6.92 Å². The van der Waals surface area contributed by atoms with Crippen LogP contribution in [0.15, 0.2) is 57.9 Å². The first kappa shape index (κ1) is 15.1. The summed E-state index contributed by atoms with van der Waals surface area (Å²) in [6.45, 7) is 3.97. The number of thioether (sulfide) groups is 1. The molecule has 0 saturated carbocycles. The Kier molecular flexibility index (Phi) is 5.26. The molecular formula is C16H16BrNOS. The van der Waals surface area contributed by atoms with Crippen molar-refractivity contribution < 1.29 is 4.79 Å². The van der Waals surface area contributed by atoms with Gasteiger partial charge in [0.05, 0.1) is 5.25 Å². The number of amides is 1. The molecule has 0 aliphatic rings. The van der Waals surface area contributed by atoms with Crippen LogP contribution in [0.1, 0.15) is 12.5 Å². The fourth-order valence-corrected chi connectivity index (χ4v) is 2.95. The second kappa shape index (κ2) is 6.95. The van der Waals surface area contributed by atoms with E-state index in [9.17, 15) is 4.79 Å². The van der Waals surface area contributed by atoms with Gasteiger partial charge in [0.15, 0.2) is 0 Å². The number of benzene rings is 2. The van der Waals surface area contributed by atoms with Crippen molar-refractivity contribution in [3.63, 3.8) is 0 Å². The second-order valence-corrected chi connectivity index (χ2v) is 6.90. The molecule has 1 N–H and O–H groups in total. The van der Waals surface area contributed by atoms with Crippen LogP contribution in [0.4, 0.5) is 5.69 Å². The molecule has 0 aliphatic heterocycles. The highest BCUT2D eigenvalue weighted by Crippen LogP contribution is 2.25. The van der Waals surface area contributed by atoms with Gasteiger partial charge in [0, 0.05) is 15.1 Å². The van der Waals surface area contributed by atoms with Gasteiger partial charge in [-0.1, -0.05) is 39.7 Å². The minimum Gasteiger partial charge on any atom is -0.325 e. The van der Waals surface area contributed by atoms with E-state index in [1.807, 2.05) is 43.3 Å². The maximum absolute atomic E-state index is 12.1. The first-order chi connectivity index (χ1) is 9.54. The molecule has 2 nitrogen and oxygen atoms in total. The molecule has 0 heterocycles. The molecule has 104 valence electrons. The summed E-state index contributed by atoms with van der Waals surface area (Å²) in [5.74, 6) is 0.00803. The van der Waals surface area contributed by atoms with Crippen LogP contribution in [0.5, 0.6) is 0 Å². The Balaban J connectivity index is 1.96.